The van der Waals surface area contributed by atoms with E-state index in [9.17, 15) is 39.6 Å². The van der Waals surface area contributed by atoms with Gasteiger partial charge in [0.2, 0.25) is 0 Å². The molecule has 15 heteroatoms. The molecule has 0 fully saturated rings. The Kier molecular flexibility index (Phi) is 6.59. The summed E-state index contributed by atoms with van der Waals surface area (Å²) in [6.07, 6.45) is -4.88. The van der Waals surface area contributed by atoms with Crippen LogP contribution in [0.1, 0.15) is 16.1 Å². The Labute approximate surface area is 192 Å². The van der Waals surface area contributed by atoms with Gasteiger partial charge in [0.05, 0.1) is 23.5 Å². The van der Waals surface area contributed by atoms with Crippen LogP contribution in [0.3, 0.4) is 0 Å². The molecular weight excluding hydrogens is 518 g/mol. The van der Waals surface area contributed by atoms with Gasteiger partial charge in [-0.15, -0.1) is 0 Å². The first-order valence-corrected chi connectivity index (χ1v) is 10.6. The lowest BCUT2D eigenvalue weighted by molar-refractivity contribution is -0.141. The topological polar surface area (TPSA) is 87.5 Å². The fourth-order valence-corrected chi connectivity index (χ4v) is 3.42. The minimum atomic E-state index is -6.16. The van der Waals surface area contributed by atoms with Crippen LogP contribution in [0.25, 0.3) is 16.9 Å². The maximum absolute atomic E-state index is 13.4. The summed E-state index contributed by atoms with van der Waals surface area (Å²) in [4.78, 5) is 12.1. The van der Waals surface area contributed by atoms with Crippen molar-refractivity contribution in [3.8, 4) is 22.7 Å². The van der Waals surface area contributed by atoms with Crippen LogP contribution < -0.4 is 4.18 Å². The van der Waals surface area contributed by atoms with Crippen LogP contribution in [-0.2, 0) is 21.0 Å². The minimum Gasteiger partial charge on any atom is -0.465 e. The average Bonchev–Trinajstić information content (AvgIpc) is 3.18. The summed E-state index contributed by atoms with van der Waals surface area (Å²) in [6, 6.07) is 8.76. The highest BCUT2D eigenvalue weighted by Gasteiger charge is 2.49. The van der Waals surface area contributed by atoms with Crippen molar-refractivity contribution in [1.29, 1.82) is 0 Å². The van der Waals surface area contributed by atoms with Gasteiger partial charge in [0.1, 0.15) is 5.56 Å². The number of methoxy groups -OCH3 is 1. The Morgan fingerprint density at radius 3 is 2.24 bits per heavy atom. The van der Waals surface area contributed by atoms with Crippen molar-refractivity contribution in [2.75, 3.05) is 7.11 Å². The third-order valence-electron chi connectivity index (χ3n) is 4.24. The van der Waals surface area contributed by atoms with E-state index < -0.39 is 44.8 Å². The monoisotopic (exact) mass is 528 g/mol. The predicted molar refractivity (Wildman–Crippen MR) is 106 cm³/mol. The number of esters is 1. The lowest BCUT2D eigenvalue weighted by atomic mass is 10.1. The molecule has 0 N–H and O–H groups in total. The largest absolute Gasteiger partial charge is 0.534 e. The number of para-hydroxylation sites is 1. The van der Waals surface area contributed by atoms with E-state index in [1.807, 2.05) is 0 Å². The molecule has 0 radical (unpaired) electrons. The molecule has 0 aliphatic heterocycles. The number of alkyl halides is 6. The van der Waals surface area contributed by atoms with Crippen molar-refractivity contribution < 1.29 is 48.5 Å². The maximum Gasteiger partial charge on any atom is 0.534 e. The van der Waals surface area contributed by atoms with Crippen LogP contribution in [0.4, 0.5) is 26.3 Å². The van der Waals surface area contributed by atoms with Crippen molar-refractivity contribution in [2.45, 2.75) is 11.7 Å². The predicted octanol–water partition coefficient (Wildman–Crippen LogP) is 5.23. The molecule has 0 unspecified atom stereocenters. The zero-order chi connectivity index (χ0) is 25.5. The molecule has 182 valence electrons. The van der Waals surface area contributed by atoms with Gasteiger partial charge in [0, 0.05) is 5.56 Å². The number of hydrogen-bond donors (Lipinski definition) is 0. The Balaban J connectivity index is 2.23. The van der Waals surface area contributed by atoms with Crippen molar-refractivity contribution in [3.63, 3.8) is 0 Å². The Morgan fingerprint density at radius 2 is 1.68 bits per heavy atom. The number of ether oxygens (including phenoxy) is 1. The highest BCUT2D eigenvalue weighted by Crippen LogP contribution is 2.37. The van der Waals surface area contributed by atoms with E-state index in [4.69, 9.17) is 11.6 Å². The first-order chi connectivity index (χ1) is 15.7. The van der Waals surface area contributed by atoms with Crippen LogP contribution in [0.15, 0.2) is 48.5 Å². The van der Waals surface area contributed by atoms with E-state index in [2.05, 4.69) is 14.0 Å². The Morgan fingerprint density at radius 1 is 1.03 bits per heavy atom. The normalized spacial score (nSPS) is 12.5. The zero-order valence-electron chi connectivity index (χ0n) is 16.6. The highest BCUT2D eigenvalue weighted by molar-refractivity contribution is 7.88. The molecule has 1 aromatic heterocycles. The van der Waals surface area contributed by atoms with Crippen molar-refractivity contribution in [1.82, 2.24) is 9.78 Å². The van der Waals surface area contributed by atoms with Gasteiger partial charge < -0.3 is 8.92 Å². The number of rotatable bonds is 5. The van der Waals surface area contributed by atoms with E-state index in [0.717, 1.165) is 23.9 Å². The number of carbonyl (C=O) groups is 1. The zero-order valence-corrected chi connectivity index (χ0v) is 18.2. The molecule has 3 rings (SSSR count). The summed E-state index contributed by atoms with van der Waals surface area (Å²) in [6.45, 7) is 0. The van der Waals surface area contributed by atoms with E-state index in [1.165, 1.54) is 24.3 Å². The molecule has 2 aromatic carbocycles. The summed E-state index contributed by atoms with van der Waals surface area (Å²) in [5.41, 5.74) is -8.34. The van der Waals surface area contributed by atoms with Gasteiger partial charge in [0.25, 0.3) is 0 Å². The summed E-state index contributed by atoms with van der Waals surface area (Å²) >= 11 is 6.08. The molecule has 34 heavy (non-hydrogen) atoms. The molecule has 3 aromatic rings. The van der Waals surface area contributed by atoms with E-state index in [-0.39, 0.29) is 22.0 Å². The smallest absolute Gasteiger partial charge is 0.465 e. The number of carbonyl (C=O) groups excluding carboxylic acids is 1. The average molecular weight is 529 g/mol. The maximum atomic E-state index is 13.4. The quantitative estimate of drug-likeness (QED) is 0.195. The standard InChI is InChI=1S/C19H11ClF6N2O5S/c1-32-17(29)11-8-10(6-7-15(11)33-34(30,31)19(24,25)26)14-9-16(18(21,22)23)27-28(14)13-5-3-2-4-12(13)20/h2-9H,1H3. The van der Waals surface area contributed by atoms with Crippen LogP contribution in [0.2, 0.25) is 5.02 Å². The van der Waals surface area contributed by atoms with Crippen LogP contribution in [0, 0.1) is 0 Å². The first kappa shape index (κ1) is 25.4. The molecule has 0 atom stereocenters. The van der Waals surface area contributed by atoms with E-state index in [0.29, 0.717) is 12.1 Å². The molecule has 0 saturated heterocycles. The lowest BCUT2D eigenvalue weighted by Crippen LogP contribution is -2.28. The number of benzene rings is 2. The van der Waals surface area contributed by atoms with Gasteiger partial charge in [0.15, 0.2) is 11.4 Å². The summed E-state index contributed by atoms with van der Waals surface area (Å²) in [7, 11) is -5.30. The molecular formula is C19H11ClF6N2O5S. The van der Waals surface area contributed by atoms with Crippen molar-refractivity contribution in [3.05, 3.63) is 64.8 Å². The van der Waals surface area contributed by atoms with Crippen LogP contribution >= 0.6 is 11.6 Å². The molecule has 1 heterocycles. The van der Waals surface area contributed by atoms with Gasteiger partial charge in [-0.1, -0.05) is 23.7 Å². The van der Waals surface area contributed by atoms with Crippen LogP contribution in [-0.4, -0.2) is 36.8 Å². The molecule has 0 spiro atoms. The number of aromatic nitrogens is 2. The lowest BCUT2D eigenvalue weighted by Gasteiger charge is -2.14. The van der Waals surface area contributed by atoms with Gasteiger partial charge in [-0.05, 0) is 36.4 Å². The number of halogens is 7. The molecule has 7 nitrogen and oxygen atoms in total. The first-order valence-electron chi connectivity index (χ1n) is 8.81. The minimum absolute atomic E-state index is 0.0185. The summed E-state index contributed by atoms with van der Waals surface area (Å²) in [5, 5.41) is 3.53. The molecule has 0 aliphatic rings. The third-order valence-corrected chi connectivity index (χ3v) is 5.53. The molecule has 0 bridgehead atoms. The van der Waals surface area contributed by atoms with E-state index in [1.54, 1.807) is 0 Å². The van der Waals surface area contributed by atoms with Crippen molar-refractivity contribution in [2.24, 2.45) is 0 Å². The number of nitrogens with zero attached hydrogens (tertiary/aromatic N) is 2. The summed E-state index contributed by atoms with van der Waals surface area (Å²) in [5.74, 6) is -2.36. The number of hydrogen-bond acceptors (Lipinski definition) is 6. The molecule has 0 amide bonds. The SMILES string of the molecule is COC(=O)c1cc(-c2cc(C(F)(F)F)nn2-c2ccccc2Cl)ccc1OS(=O)(=O)C(F)(F)F. The van der Waals surface area contributed by atoms with Gasteiger partial charge in [-0.25, -0.2) is 9.48 Å². The van der Waals surface area contributed by atoms with Gasteiger partial charge in [-0.3, -0.25) is 0 Å². The molecule has 0 saturated carbocycles. The van der Waals surface area contributed by atoms with Gasteiger partial charge >= 0.3 is 27.8 Å². The van der Waals surface area contributed by atoms with Crippen LogP contribution in [0.5, 0.6) is 5.75 Å². The van der Waals surface area contributed by atoms with Crippen molar-refractivity contribution >= 4 is 27.7 Å². The van der Waals surface area contributed by atoms with E-state index >= 15 is 0 Å². The fourth-order valence-electron chi connectivity index (χ4n) is 2.73. The highest BCUT2D eigenvalue weighted by atomic mass is 35.5. The van der Waals surface area contributed by atoms with Gasteiger partial charge in [-0.2, -0.15) is 39.9 Å². The Bertz CT molecular complexity index is 1350. The second-order valence-electron chi connectivity index (χ2n) is 6.46. The molecule has 0 aliphatic carbocycles. The second-order valence-corrected chi connectivity index (χ2v) is 8.41. The Hall–Kier alpha value is -3.26. The fraction of sp³-hybridized carbons (Fsp3) is 0.158. The summed E-state index contributed by atoms with van der Waals surface area (Å²) < 4.78 is 110. The second kappa shape index (κ2) is 8.83. The third kappa shape index (κ3) is 4.97.